The Labute approximate surface area is 318 Å². The largest absolute Gasteiger partial charge is 0.488 e. The van der Waals surface area contributed by atoms with Gasteiger partial charge in [-0.15, -0.1) is 0 Å². The molecule has 6 rings (SSSR count). The molecule has 0 radical (unpaired) electrons. The molecule has 0 unspecified atom stereocenters. The summed E-state index contributed by atoms with van der Waals surface area (Å²) in [6.45, 7) is 13.0. The highest BCUT2D eigenvalue weighted by molar-refractivity contribution is 6.05. The van der Waals surface area contributed by atoms with Gasteiger partial charge >= 0.3 is 12.2 Å². The van der Waals surface area contributed by atoms with Crippen LogP contribution in [0.3, 0.4) is 0 Å². The molecule has 2 heterocycles. The molecule has 1 saturated carbocycles. The molecule has 3 aromatic carbocycles. The topological polar surface area (TPSA) is 107 Å². The van der Waals surface area contributed by atoms with Crippen molar-refractivity contribution in [2.45, 2.75) is 116 Å². The van der Waals surface area contributed by atoms with Gasteiger partial charge in [0.15, 0.2) is 0 Å². The van der Waals surface area contributed by atoms with E-state index in [1.54, 1.807) is 40.1 Å². The van der Waals surface area contributed by atoms with Gasteiger partial charge in [-0.05, 0) is 120 Å². The number of carbonyl (C=O) groups excluding carboxylic acids is 3. The van der Waals surface area contributed by atoms with Crippen LogP contribution in [0.1, 0.15) is 108 Å². The Morgan fingerprint density at radius 2 is 1.24 bits per heavy atom. The van der Waals surface area contributed by atoms with Crippen molar-refractivity contribution in [3.63, 3.8) is 0 Å². The molecule has 2 aliphatic heterocycles. The Morgan fingerprint density at radius 3 is 1.81 bits per heavy atom. The number of amides is 3. The number of benzene rings is 3. The molecule has 3 fully saturated rings. The molecule has 0 spiro atoms. The summed E-state index contributed by atoms with van der Waals surface area (Å²) in [6.07, 6.45) is 5.67. The van der Waals surface area contributed by atoms with E-state index in [2.05, 4.69) is 5.32 Å². The van der Waals surface area contributed by atoms with Crippen molar-refractivity contribution in [2.24, 2.45) is 0 Å². The lowest BCUT2D eigenvalue weighted by molar-refractivity contribution is 0.0266. The Bertz CT molecular complexity index is 1810. The fourth-order valence-electron chi connectivity index (χ4n) is 7.29. The van der Waals surface area contributed by atoms with E-state index in [9.17, 15) is 18.8 Å². The number of halogens is 1. The number of carbonyl (C=O) groups is 3. The van der Waals surface area contributed by atoms with Gasteiger partial charge in [-0.2, -0.15) is 0 Å². The van der Waals surface area contributed by atoms with Crippen molar-refractivity contribution >= 4 is 23.8 Å². The average molecular weight is 744 g/mol. The van der Waals surface area contributed by atoms with Crippen LogP contribution in [-0.2, 0) is 9.47 Å². The van der Waals surface area contributed by atoms with Gasteiger partial charge in [0.25, 0.3) is 5.91 Å². The number of rotatable bonds is 8. The first-order valence-corrected chi connectivity index (χ1v) is 19.2. The van der Waals surface area contributed by atoms with Crippen molar-refractivity contribution in [2.75, 3.05) is 31.5 Å². The van der Waals surface area contributed by atoms with Crippen molar-refractivity contribution in [3.8, 4) is 22.6 Å². The third kappa shape index (κ3) is 10.2. The molecule has 54 heavy (non-hydrogen) atoms. The molecule has 3 aromatic rings. The van der Waals surface area contributed by atoms with E-state index in [0.717, 1.165) is 42.6 Å². The molecule has 10 nitrogen and oxygen atoms in total. The Hall–Kier alpha value is -4.80. The van der Waals surface area contributed by atoms with Gasteiger partial charge in [-0.25, -0.2) is 14.0 Å². The minimum Gasteiger partial charge on any atom is -0.488 e. The maximum Gasteiger partial charge on any atom is 0.410 e. The van der Waals surface area contributed by atoms with E-state index in [0.29, 0.717) is 61.6 Å². The molecule has 1 aliphatic carbocycles. The van der Waals surface area contributed by atoms with Crippen molar-refractivity contribution in [1.29, 1.82) is 0 Å². The van der Waals surface area contributed by atoms with Crippen molar-refractivity contribution in [1.82, 2.24) is 9.80 Å². The van der Waals surface area contributed by atoms with Gasteiger partial charge in [0, 0.05) is 42.7 Å². The smallest absolute Gasteiger partial charge is 0.410 e. The second-order valence-electron chi connectivity index (χ2n) is 16.7. The Balaban J connectivity index is 1.19. The van der Waals surface area contributed by atoms with Gasteiger partial charge in [0.05, 0.1) is 13.1 Å². The SMILES string of the molecule is CC(C)(C)OC(=O)N1CC[C@H](Oc2ccc(NC(=O)c3ccc(O[C@H]4CCN(C(=O)OC(C)(C)C)C4)c(C4CCCCC4)c3)cc2-c2ccc(F)cc2)C1. The molecule has 290 valence electrons. The second-order valence-corrected chi connectivity index (χ2v) is 16.7. The molecule has 2 saturated heterocycles. The first kappa shape index (κ1) is 38.9. The summed E-state index contributed by atoms with van der Waals surface area (Å²) in [5.41, 5.74) is 2.34. The fraction of sp³-hybridized carbons (Fsp3) is 0.512. The zero-order valence-corrected chi connectivity index (χ0v) is 32.4. The summed E-state index contributed by atoms with van der Waals surface area (Å²) in [5, 5.41) is 3.07. The number of nitrogens with zero attached hydrogens (tertiary/aromatic N) is 2. The van der Waals surface area contributed by atoms with Gasteiger partial charge in [-0.3, -0.25) is 4.79 Å². The van der Waals surface area contributed by atoms with Crippen molar-refractivity contribution in [3.05, 3.63) is 77.6 Å². The van der Waals surface area contributed by atoms with Gasteiger partial charge in [0.2, 0.25) is 0 Å². The zero-order chi connectivity index (χ0) is 38.6. The third-order valence-electron chi connectivity index (χ3n) is 9.89. The monoisotopic (exact) mass is 743 g/mol. The standard InChI is InChI=1S/C43H54FN3O7/c1-42(2,3)53-40(49)46-22-20-33(26-46)51-37-18-14-30(24-35(37)28-10-8-7-9-11-28)39(48)45-32-17-19-38(36(25-32)29-12-15-31(44)16-13-29)52-34-21-23-47(27-34)41(50)54-43(4,5)6/h12-19,24-25,28,33-34H,7-11,20-23,26-27H2,1-6H3,(H,45,48)/t33-,34-/m0/s1. The van der Waals surface area contributed by atoms with Gasteiger partial charge < -0.3 is 34.1 Å². The van der Waals surface area contributed by atoms with E-state index < -0.39 is 11.2 Å². The first-order chi connectivity index (χ1) is 25.6. The summed E-state index contributed by atoms with van der Waals surface area (Å²) in [7, 11) is 0. The number of hydrogen-bond acceptors (Lipinski definition) is 7. The maximum atomic E-state index is 14.0. The molecule has 0 bridgehead atoms. The van der Waals surface area contributed by atoms with Crippen LogP contribution in [0.4, 0.5) is 19.7 Å². The minimum atomic E-state index is -0.595. The molecular formula is C43H54FN3O7. The van der Waals surface area contributed by atoms with E-state index in [1.165, 1.54) is 18.6 Å². The summed E-state index contributed by atoms with van der Waals surface area (Å²) < 4.78 is 38.1. The van der Waals surface area contributed by atoms with Crippen LogP contribution < -0.4 is 14.8 Å². The number of anilines is 1. The molecule has 3 amide bonds. The van der Waals surface area contributed by atoms with Crippen LogP contribution in [0.5, 0.6) is 11.5 Å². The van der Waals surface area contributed by atoms with E-state index >= 15 is 0 Å². The van der Waals surface area contributed by atoms with Crippen molar-refractivity contribution < 1.29 is 37.7 Å². The molecule has 3 aliphatic rings. The van der Waals surface area contributed by atoms with Crippen LogP contribution in [-0.4, -0.2) is 77.5 Å². The predicted octanol–water partition coefficient (Wildman–Crippen LogP) is 9.57. The zero-order valence-electron chi connectivity index (χ0n) is 32.4. The number of ether oxygens (including phenoxy) is 4. The molecule has 2 atom stereocenters. The van der Waals surface area contributed by atoms with Crippen LogP contribution in [0.25, 0.3) is 11.1 Å². The van der Waals surface area contributed by atoms with E-state index in [1.807, 2.05) is 59.7 Å². The first-order valence-electron chi connectivity index (χ1n) is 19.2. The molecule has 1 N–H and O–H groups in total. The number of hydrogen-bond donors (Lipinski definition) is 1. The molecular weight excluding hydrogens is 689 g/mol. The van der Waals surface area contributed by atoms with Crippen LogP contribution >= 0.6 is 0 Å². The van der Waals surface area contributed by atoms with E-state index in [4.69, 9.17) is 18.9 Å². The average Bonchev–Trinajstić information content (AvgIpc) is 3.79. The second kappa shape index (κ2) is 16.3. The lowest BCUT2D eigenvalue weighted by atomic mass is 9.83. The number of likely N-dealkylation sites (tertiary alicyclic amines) is 2. The number of nitrogens with one attached hydrogen (secondary N) is 1. The van der Waals surface area contributed by atoms with Crippen LogP contribution in [0, 0.1) is 5.82 Å². The maximum absolute atomic E-state index is 14.0. The van der Waals surface area contributed by atoms with Crippen LogP contribution in [0.2, 0.25) is 0 Å². The predicted molar refractivity (Wildman–Crippen MR) is 206 cm³/mol. The Morgan fingerprint density at radius 1 is 0.685 bits per heavy atom. The van der Waals surface area contributed by atoms with Gasteiger partial charge in [-0.1, -0.05) is 31.4 Å². The Kier molecular flexibility index (Phi) is 11.7. The summed E-state index contributed by atoms with van der Waals surface area (Å²) >= 11 is 0. The van der Waals surface area contributed by atoms with E-state index in [-0.39, 0.29) is 42.0 Å². The third-order valence-corrected chi connectivity index (χ3v) is 9.89. The summed E-state index contributed by atoms with van der Waals surface area (Å²) in [6, 6.07) is 17.2. The highest BCUT2D eigenvalue weighted by atomic mass is 19.1. The minimum absolute atomic E-state index is 0.172. The molecule has 0 aromatic heterocycles. The van der Waals surface area contributed by atoms with Gasteiger partial charge in [0.1, 0.15) is 40.7 Å². The highest BCUT2D eigenvalue weighted by Crippen LogP contribution is 2.40. The summed E-state index contributed by atoms with van der Waals surface area (Å²) in [4.78, 5) is 42.6. The quantitative estimate of drug-likeness (QED) is 0.245. The summed E-state index contributed by atoms with van der Waals surface area (Å²) in [5.74, 6) is 0.968. The molecule has 11 heteroatoms. The lowest BCUT2D eigenvalue weighted by Gasteiger charge is -2.27. The lowest BCUT2D eigenvalue weighted by Crippen LogP contribution is -2.36. The normalized spacial score (nSPS) is 19.4. The fourth-order valence-corrected chi connectivity index (χ4v) is 7.29. The highest BCUT2D eigenvalue weighted by Gasteiger charge is 2.33. The van der Waals surface area contributed by atoms with Crippen LogP contribution in [0.15, 0.2) is 60.7 Å².